The number of fused-ring (bicyclic) bond motifs is 1. The quantitative estimate of drug-likeness (QED) is 0.245. The van der Waals surface area contributed by atoms with Crippen molar-refractivity contribution in [3.05, 3.63) is 107 Å². The number of aromatic nitrogens is 1. The molecule has 1 aromatic heterocycles. The number of rotatable bonds is 9. The molecular weight excluding hydrogens is 442 g/mol. The first-order valence-corrected chi connectivity index (χ1v) is 11.0. The Hall–Kier alpha value is -4.83. The Morgan fingerprint density at radius 1 is 1.03 bits per heavy atom. The van der Waals surface area contributed by atoms with Crippen LogP contribution in [0.1, 0.15) is 27.0 Å². The van der Waals surface area contributed by atoms with Crippen LogP contribution in [0.4, 0.5) is 0 Å². The number of carboxylic acid groups (broad SMARTS) is 1. The summed E-state index contributed by atoms with van der Waals surface area (Å²) < 4.78 is 5.88. The molecule has 1 amide bonds. The number of aromatic amines is 1. The first-order valence-electron chi connectivity index (χ1n) is 11.0. The van der Waals surface area contributed by atoms with Crippen molar-refractivity contribution in [1.29, 1.82) is 5.26 Å². The number of carboxylic acids is 1. The highest BCUT2D eigenvalue weighted by Crippen LogP contribution is 2.23. The van der Waals surface area contributed by atoms with Gasteiger partial charge < -0.3 is 20.1 Å². The van der Waals surface area contributed by atoms with Crippen LogP contribution in [0.25, 0.3) is 17.0 Å². The molecular formula is C28H23N3O4. The van der Waals surface area contributed by atoms with E-state index < -0.39 is 11.9 Å². The SMILES string of the molecule is N#C/C(=C/c1ccccc1OCc1ccc(C(=O)O)cc1)C(=O)NCCc1c[nH]c2ccccc12. The number of nitrogens with zero attached hydrogens (tertiary/aromatic N) is 1. The molecule has 3 aromatic carbocycles. The lowest BCUT2D eigenvalue weighted by Crippen LogP contribution is -2.26. The molecule has 174 valence electrons. The van der Waals surface area contributed by atoms with Gasteiger partial charge in [0.15, 0.2) is 0 Å². The zero-order chi connectivity index (χ0) is 24.6. The highest BCUT2D eigenvalue weighted by atomic mass is 16.5. The molecule has 7 nitrogen and oxygen atoms in total. The van der Waals surface area contributed by atoms with Crippen LogP contribution in [0.3, 0.4) is 0 Å². The van der Waals surface area contributed by atoms with E-state index >= 15 is 0 Å². The molecule has 0 fully saturated rings. The molecule has 7 heteroatoms. The molecule has 1 heterocycles. The summed E-state index contributed by atoms with van der Waals surface area (Å²) in [6.07, 6.45) is 4.07. The Morgan fingerprint density at radius 2 is 1.77 bits per heavy atom. The second kappa shape index (κ2) is 10.9. The van der Waals surface area contributed by atoms with Crippen molar-refractivity contribution in [2.24, 2.45) is 0 Å². The van der Waals surface area contributed by atoms with Crippen LogP contribution in [-0.4, -0.2) is 28.5 Å². The zero-order valence-corrected chi connectivity index (χ0v) is 18.8. The molecule has 0 bridgehead atoms. The number of aromatic carboxylic acids is 1. The van der Waals surface area contributed by atoms with E-state index in [9.17, 15) is 14.9 Å². The first kappa shape index (κ1) is 23.3. The Bertz CT molecular complexity index is 1430. The number of carbonyl (C=O) groups is 2. The number of nitriles is 1. The maximum atomic E-state index is 12.6. The maximum Gasteiger partial charge on any atom is 0.335 e. The highest BCUT2D eigenvalue weighted by molar-refractivity contribution is 6.02. The van der Waals surface area contributed by atoms with E-state index in [4.69, 9.17) is 9.84 Å². The number of hydrogen-bond acceptors (Lipinski definition) is 4. The number of carbonyl (C=O) groups excluding carboxylic acids is 1. The van der Waals surface area contributed by atoms with Gasteiger partial charge in [-0.3, -0.25) is 4.79 Å². The molecule has 0 saturated heterocycles. The average molecular weight is 466 g/mol. The summed E-state index contributed by atoms with van der Waals surface area (Å²) in [5, 5.41) is 22.5. The van der Waals surface area contributed by atoms with Crippen LogP contribution in [0.5, 0.6) is 5.75 Å². The predicted octanol–water partition coefficient (Wildman–Crippen LogP) is 4.71. The summed E-state index contributed by atoms with van der Waals surface area (Å²) in [6.45, 7) is 0.605. The highest BCUT2D eigenvalue weighted by Gasteiger charge is 2.12. The summed E-state index contributed by atoms with van der Waals surface area (Å²) >= 11 is 0. The third-order valence-corrected chi connectivity index (χ3v) is 5.53. The largest absolute Gasteiger partial charge is 0.488 e. The zero-order valence-electron chi connectivity index (χ0n) is 18.8. The first-order chi connectivity index (χ1) is 17.0. The van der Waals surface area contributed by atoms with Gasteiger partial charge in [-0.1, -0.05) is 48.5 Å². The molecule has 0 aliphatic rings. The van der Waals surface area contributed by atoms with Crippen molar-refractivity contribution in [3.8, 4) is 11.8 Å². The van der Waals surface area contributed by atoms with E-state index in [1.807, 2.05) is 36.5 Å². The number of H-pyrrole nitrogens is 1. The minimum Gasteiger partial charge on any atom is -0.488 e. The Morgan fingerprint density at radius 3 is 2.54 bits per heavy atom. The summed E-state index contributed by atoms with van der Waals surface area (Å²) in [5.41, 5.74) is 3.71. The fourth-order valence-electron chi connectivity index (χ4n) is 3.68. The monoisotopic (exact) mass is 465 g/mol. The molecule has 0 spiro atoms. The van der Waals surface area contributed by atoms with Crippen LogP contribution < -0.4 is 10.1 Å². The second-order valence-corrected chi connectivity index (χ2v) is 7.86. The average Bonchev–Trinajstić information content (AvgIpc) is 3.29. The maximum absolute atomic E-state index is 12.6. The van der Waals surface area contributed by atoms with Crippen molar-refractivity contribution in [2.45, 2.75) is 13.0 Å². The van der Waals surface area contributed by atoms with Gasteiger partial charge in [0.05, 0.1) is 5.56 Å². The number of benzene rings is 3. The summed E-state index contributed by atoms with van der Waals surface area (Å²) in [5.74, 6) is -0.933. The summed E-state index contributed by atoms with van der Waals surface area (Å²) in [6, 6.07) is 23.4. The van der Waals surface area contributed by atoms with Crippen molar-refractivity contribution < 1.29 is 19.4 Å². The molecule has 0 aliphatic carbocycles. The lowest BCUT2D eigenvalue weighted by atomic mass is 10.1. The third kappa shape index (κ3) is 5.75. The lowest BCUT2D eigenvalue weighted by molar-refractivity contribution is -0.117. The number of hydrogen-bond donors (Lipinski definition) is 3. The van der Waals surface area contributed by atoms with Crippen LogP contribution in [0.2, 0.25) is 0 Å². The van der Waals surface area contributed by atoms with Crippen molar-refractivity contribution in [2.75, 3.05) is 6.54 Å². The van der Waals surface area contributed by atoms with Crippen LogP contribution in [-0.2, 0) is 17.8 Å². The van der Waals surface area contributed by atoms with Gasteiger partial charge >= 0.3 is 5.97 Å². The van der Waals surface area contributed by atoms with E-state index in [-0.39, 0.29) is 17.7 Å². The van der Waals surface area contributed by atoms with Gasteiger partial charge in [-0.05, 0) is 47.9 Å². The number of amides is 1. The molecule has 4 aromatic rings. The Labute approximate surface area is 202 Å². The molecule has 3 N–H and O–H groups in total. The lowest BCUT2D eigenvalue weighted by Gasteiger charge is -2.10. The molecule has 35 heavy (non-hydrogen) atoms. The molecule has 0 radical (unpaired) electrons. The van der Waals surface area contributed by atoms with Gasteiger partial charge in [0.25, 0.3) is 5.91 Å². The van der Waals surface area contributed by atoms with Gasteiger partial charge in [0.1, 0.15) is 24.0 Å². The standard InChI is InChI=1S/C28H23N3O4/c29-16-23(27(32)30-14-13-22-17-31-25-7-3-2-6-24(22)25)15-21-5-1-4-8-26(21)35-18-19-9-11-20(12-10-19)28(33)34/h1-12,15,17,31H,13-14,18H2,(H,30,32)(H,33,34)/b23-15-. The number of ether oxygens (including phenoxy) is 1. The van der Waals surface area contributed by atoms with Crippen LogP contribution >= 0.6 is 0 Å². The topological polar surface area (TPSA) is 115 Å². The smallest absolute Gasteiger partial charge is 0.335 e. The van der Waals surface area contributed by atoms with Crippen molar-refractivity contribution >= 4 is 28.9 Å². The normalized spacial score (nSPS) is 11.1. The minimum absolute atomic E-state index is 0.0224. The fourth-order valence-corrected chi connectivity index (χ4v) is 3.68. The van der Waals surface area contributed by atoms with E-state index in [1.54, 1.807) is 36.4 Å². The van der Waals surface area contributed by atoms with E-state index in [0.29, 0.717) is 24.3 Å². The van der Waals surface area contributed by atoms with Crippen LogP contribution in [0, 0.1) is 11.3 Å². The summed E-state index contributed by atoms with van der Waals surface area (Å²) in [7, 11) is 0. The van der Waals surface area contributed by atoms with Crippen molar-refractivity contribution in [1.82, 2.24) is 10.3 Å². The fraction of sp³-hybridized carbons (Fsp3) is 0.107. The van der Waals surface area contributed by atoms with Gasteiger partial charge in [0.2, 0.25) is 0 Å². The molecule has 0 unspecified atom stereocenters. The van der Waals surface area contributed by atoms with Gasteiger partial charge in [-0.25, -0.2) is 4.79 Å². The Kier molecular flexibility index (Phi) is 7.24. The number of para-hydroxylation sites is 2. The van der Waals surface area contributed by atoms with E-state index in [2.05, 4.69) is 10.3 Å². The Balaban J connectivity index is 1.40. The van der Waals surface area contributed by atoms with E-state index in [0.717, 1.165) is 22.0 Å². The van der Waals surface area contributed by atoms with Gasteiger partial charge in [0, 0.05) is 29.2 Å². The second-order valence-electron chi connectivity index (χ2n) is 7.86. The van der Waals surface area contributed by atoms with Gasteiger partial charge in [-0.15, -0.1) is 0 Å². The summed E-state index contributed by atoms with van der Waals surface area (Å²) in [4.78, 5) is 26.9. The molecule has 0 atom stereocenters. The van der Waals surface area contributed by atoms with E-state index in [1.165, 1.54) is 18.2 Å². The third-order valence-electron chi connectivity index (χ3n) is 5.53. The number of nitrogens with one attached hydrogen (secondary N) is 2. The van der Waals surface area contributed by atoms with Gasteiger partial charge in [-0.2, -0.15) is 5.26 Å². The minimum atomic E-state index is -0.989. The predicted molar refractivity (Wildman–Crippen MR) is 133 cm³/mol. The van der Waals surface area contributed by atoms with Crippen molar-refractivity contribution in [3.63, 3.8) is 0 Å². The molecule has 4 rings (SSSR count). The van der Waals surface area contributed by atoms with Crippen LogP contribution in [0.15, 0.2) is 84.6 Å². The molecule has 0 aliphatic heterocycles. The molecule has 0 saturated carbocycles.